The van der Waals surface area contributed by atoms with Crippen LogP contribution in [0, 0.1) is 20.8 Å². The molecule has 4 rings (SSSR count). The van der Waals surface area contributed by atoms with Crippen molar-refractivity contribution in [2.45, 2.75) is 53.1 Å². The molecular formula is C23H29N5O. The van der Waals surface area contributed by atoms with Crippen LogP contribution in [0.15, 0.2) is 24.4 Å². The van der Waals surface area contributed by atoms with Gasteiger partial charge in [0.1, 0.15) is 0 Å². The molecule has 1 aliphatic heterocycles. The Labute approximate surface area is 171 Å². The van der Waals surface area contributed by atoms with Gasteiger partial charge >= 0.3 is 0 Å². The van der Waals surface area contributed by atoms with E-state index in [9.17, 15) is 4.79 Å². The van der Waals surface area contributed by atoms with Gasteiger partial charge in [-0.25, -0.2) is 4.98 Å². The van der Waals surface area contributed by atoms with Crippen molar-refractivity contribution in [1.82, 2.24) is 14.7 Å². The van der Waals surface area contributed by atoms with Crippen molar-refractivity contribution in [2.75, 3.05) is 11.9 Å². The van der Waals surface area contributed by atoms with Crippen molar-refractivity contribution in [2.24, 2.45) is 5.73 Å². The molecule has 0 fully saturated rings. The normalized spacial score (nSPS) is 15.9. The van der Waals surface area contributed by atoms with Crippen molar-refractivity contribution >= 4 is 17.2 Å². The molecular weight excluding hydrogens is 362 g/mol. The highest BCUT2D eigenvalue weighted by Crippen LogP contribution is 2.31. The smallest absolute Gasteiger partial charge is 0.250 e. The second-order valence-corrected chi connectivity index (χ2v) is 7.97. The second-order valence-electron chi connectivity index (χ2n) is 7.97. The first-order valence-electron chi connectivity index (χ1n) is 10.3. The lowest BCUT2D eigenvalue weighted by Gasteiger charge is -2.29. The van der Waals surface area contributed by atoms with Crippen molar-refractivity contribution in [1.29, 1.82) is 0 Å². The van der Waals surface area contributed by atoms with Gasteiger partial charge in [-0.15, -0.1) is 0 Å². The minimum atomic E-state index is -0.400. The number of benzene rings is 1. The number of amides is 1. The SMILES string of the molecule is CCc1cccc(C)c1CNC1CNc2c(c(C(N)=O)cn3c(C)c(C)nc23)C1. The first-order valence-corrected chi connectivity index (χ1v) is 10.3. The van der Waals surface area contributed by atoms with Gasteiger partial charge < -0.3 is 20.8 Å². The number of rotatable bonds is 5. The van der Waals surface area contributed by atoms with Crippen molar-refractivity contribution in [3.63, 3.8) is 0 Å². The van der Waals surface area contributed by atoms with Crippen LogP contribution in [0.4, 0.5) is 5.69 Å². The molecule has 4 N–H and O–H groups in total. The van der Waals surface area contributed by atoms with Crippen LogP contribution < -0.4 is 16.4 Å². The number of hydrogen-bond acceptors (Lipinski definition) is 4. The number of nitrogens with two attached hydrogens (primary N) is 1. The number of fused-ring (bicyclic) bond motifs is 3. The van der Waals surface area contributed by atoms with Crippen LogP contribution in [0.2, 0.25) is 0 Å². The summed E-state index contributed by atoms with van der Waals surface area (Å²) in [6.07, 6.45) is 3.61. The lowest BCUT2D eigenvalue weighted by molar-refractivity contribution is 0.0999. The van der Waals surface area contributed by atoms with Gasteiger partial charge in [0.25, 0.3) is 5.91 Å². The van der Waals surface area contributed by atoms with Gasteiger partial charge in [-0.1, -0.05) is 25.1 Å². The summed E-state index contributed by atoms with van der Waals surface area (Å²) in [6, 6.07) is 6.69. The minimum absolute atomic E-state index is 0.213. The summed E-state index contributed by atoms with van der Waals surface area (Å²) in [5, 5.41) is 7.20. The van der Waals surface area contributed by atoms with Gasteiger partial charge in [-0.2, -0.15) is 0 Å². The Morgan fingerprint density at radius 2 is 2.14 bits per heavy atom. The third-order valence-corrected chi connectivity index (χ3v) is 6.19. The third kappa shape index (κ3) is 3.38. The Hall–Kier alpha value is -2.86. The summed E-state index contributed by atoms with van der Waals surface area (Å²) in [7, 11) is 0. The summed E-state index contributed by atoms with van der Waals surface area (Å²) in [4.78, 5) is 16.9. The standard InChI is InChI=1S/C23H29N5O/c1-5-16-8-6-7-13(2)19(16)11-25-17-9-18-20(22(24)29)12-28-15(4)14(3)27-23(28)21(18)26-10-17/h6-8,12,17,25-26H,5,9-11H2,1-4H3,(H2,24,29). The molecule has 1 amide bonds. The average Bonchev–Trinajstić information content (AvgIpc) is 3.00. The Balaban J connectivity index is 1.64. The molecule has 0 saturated heterocycles. The number of nitrogens with zero attached hydrogens (tertiary/aromatic N) is 2. The molecule has 1 atom stereocenters. The highest BCUT2D eigenvalue weighted by Gasteiger charge is 2.26. The minimum Gasteiger partial charge on any atom is -0.380 e. The van der Waals surface area contributed by atoms with E-state index < -0.39 is 5.91 Å². The number of carbonyl (C=O) groups excluding carboxylic acids is 1. The summed E-state index contributed by atoms with van der Waals surface area (Å²) in [5.74, 6) is -0.400. The summed E-state index contributed by atoms with van der Waals surface area (Å²) < 4.78 is 1.97. The quantitative estimate of drug-likeness (QED) is 0.624. The fourth-order valence-electron chi connectivity index (χ4n) is 4.33. The average molecular weight is 392 g/mol. The molecule has 1 aliphatic rings. The van der Waals surface area contributed by atoms with Gasteiger partial charge in [0.15, 0.2) is 5.65 Å². The number of nitrogens with one attached hydrogen (secondary N) is 2. The number of imidazole rings is 1. The zero-order valence-corrected chi connectivity index (χ0v) is 17.6. The number of aromatic nitrogens is 2. The molecule has 0 bridgehead atoms. The molecule has 2 aromatic heterocycles. The first kappa shape index (κ1) is 19.5. The maximum atomic E-state index is 12.2. The molecule has 1 aromatic carbocycles. The lowest BCUT2D eigenvalue weighted by Crippen LogP contribution is -2.41. The van der Waals surface area contributed by atoms with Crippen LogP contribution in [-0.4, -0.2) is 27.9 Å². The largest absolute Gasteiger partial charge is 0.380 e. The molecule has 0 spiro atoms. The zero-order valence-electron chi connectivity index (χ0n) is 17.6. The van der Waals surface area contributed by atoms with E-state index in [1.54, 1.807) is 0 Å². The van der Waals surface area contributed by atoms with Crippen LogP contribution in [0.1, 0.15) is 50.9 Å². The predicted molar refractivity (Wildman–Crippen MR) is 117 cm³/mol. The lowest BCUT2D eigenvalue weighted by atomic mass is 9.95. The van der Waals surface area contributed by atoms with E-state index in [0.29, 0.717) is 5.56 Å². The number of hydrogen-bond donors (Lipinski definition) is 3. The molecule has 0 radical (unpaired) electrons. The number of aryl methyl sites for hydroxylation is 4. The highest BCUT2D eigenvalue weighted by molar-refractivity contribution is 5.97. The van der Waals surface area contributed by atoms with Gasteiger partial charge in [0.2, 0.25) is 0 Å². The molecule has 3 heterocycles. The Morgan fingerprint density at radius 3 is 2.86 bits per heavy atom. The first-order chi connectivity index (χ1) is 13.9. The van der Waals surface area contributed by atoms with Crippen LogP contribution in [0.5, 0.6) is 0 Å². The summed E-state index contributed by atoms with van der Waals surface area (Å²) >= 11 is 0. The van der Waals surface area contributed by atoms with Crippen molar-refractivity contribution in [3.05, 3.63) is 63.6 Å². The van der Waals surface area contributed by atoms with E-state index in [-0.39, 0.29) is 6.04 Å². The molecule has 152 valence electrons. The fraction of sp³-hybridized carbons (Fsp3) is 0.391. The van der Waals surface area contributed by atoms with Gasteiger partial charge in [-0.05, 0) is 55.9 Å². The van der Waals surface area contributed by atoms with Crippen molar-refractivity contribution < 1.29 is 4.79 Å². The van der Waals surface area contributed by atoms with E-state index in [2.05, 4.69) is 42.7 Å². The summed E-state index contributed by atoms with van der Waals surface area (Å²) in [5.41, 5.74) is 15.1. The van der Waals surface area contributed by atoms with Crippen LogP contribution in [0.3, 0.4) is 0 Å². The van der Waals surface area contributed by atoms with E-state index in [4.69, 9.17) is 10.7 Å². The van der Waals surface area contributed by atoms with Crippen LogP contribution in [0.25, 0.3) is 5.65 Å². The molecule has 1 unspecified atom stereocenters. The van der Waals surface area contributed by atoms with Crippen LogP contribution >= 0.6 is 0 Å². The van der Waals surface area contributed by atoms with E-state index in [0.717, 1.165) is 54.2 Å². The van der Waals surface area contributed by atoms with E-state index >= 15 is 0 Å². The molecule has 3 aromatic rings. The van der Waals surface area contributed by atoms with Gasteiger partial charge in [-0.3, -0.25) is 4.79 Å². The molecule has 6 heteroatoms. The van der Waals surface area contributed by atoms with Crippen LogP contribution in [-0.2, 0) is 19.4 Å². The molecule has 29 heavy (non-hydrogen) atoms. The Bertz CT molecular complexity index is 1100. The van der Waals surface area contributed by atoms with Crippen molar-refractivity contribution in [3.8, 4) is 0 Å². The Morgan fingerprint density at radius 1 is 1.34 bits per heavy atom. The zero-order chi connectivity index (χ0) is 20.7. The summed E-state index contributed by atoms with van der Waals surface area (Å²) in [6.45, 7) is 9.94. The molecule has 0 aliphatic carbocycles. The van der Waals surface area contributed by atoms with Gasteiger partial charge in [0.05, 0.1) is 16.9 Å². The number of pyridine rings is 1. The van der Waals surface area contributed by atoms with E-state index in [1.807, 2.05) is 24.4 Å². The second kappa shape index (κ2) is 7.52. The monoisotopic (exact) mass is 391 g/mol. The number of carbonyl (C=O) groups is 1. The number of anilines is 1. The topological polar surface area (TPSA) is 84.5 Å². The molecule has 6 nitrogen and oxygen atoms in total. The maximum Gasteiger partial charge on any atom is 0.250 e. The van der Waals surface area contributed by atoms with E-state index in [1.165, 1.54) is 16.7 Å². The molecule has 0 saturated carbocycles. The third-order valence-electron chi connectivity index (χ3n) is 6.19. The predicted octanol–water partition coefficient (Wildman–Crippen LogP) is 3.05. The fourth-order valence-corrected chi connectivity index (χ4v) is 4.33. The maximum absolute atomic E-state index is 12.2. The Kier molecular flexibility index (Phi) is 5.04. The highest BCUT2D eigenvalue weighted by atomic mass is 16.1. The van der Waals surface area contributed by atoms with Gasteiger partial charge in [0, 0.05) is 31.0 Å². The number of primary amides is 1.